The number of carbonyl (C=O) groups is 2. The lowest BCUT2D eigenvalue weighted by Gasteiger charge is -2.56. The summed E-state index contributed by atoms with van der Waals surface area (Å²) in [4.78, 5) is 25.9. The number of ketones is 1. The Bertz CT molecular complexity index is 785. The van der Waals surface area contributed by atoms with E-state index in [1.165, 1.54) is 0 Å². The minimum Gasteiger partial charge on any atom is -0.424 e. The average Bonchev–Trinajstić information content (AvgIpc) is 3.26. The summed E-state index contributed by atoms with van der Waals surface area (Å²) in [5.74, 6) is -3.73. The molecule has 0 aromatic rings. The zero-order valence-electron chi connectivity index (χ0n) is 14.7. The minimum atomic E-state index is -2.14. The van der Waals surface area contributed by atoms with Gasteiger partial charge in [-0.2, -0.15) is 0 Å². The zero-order chi connectivity index (χ0) is 18.0. The monoisotopic (exact) mass is 344 g/mol. The van der Waals surface area contributed by atoms with Gasteiger partial charge in [-0.15, -0.1) is 6.58 Å². The molecule has 1 spiro atoms. The van der Waals surface area contributed by atoms with Crippen LogP contribution in [0.1, 0.15) is 46.0 Å². The van der Waals surface area contributed by atoms with Crippen LogP contribution >= 0.6 is 0 Å². The number of Topliss-reactive ketones (excluding diaryl/α,β-unsaturated/α-hetero) is 1. The quantitative estimate of drug-likeness (QED) is 0.560. The van der Waals surface area contributed by atoms with Crippen molar-refractivity contribution in [2.75, 3.05) is 0 Å². The average molecular weight is 344 g/mol. The maximum atomic E-state index is 13.3. The van der Waals surface area contributed by atoms with Crippen molar-refractivity contribution in [2.45, 2.75) is 57.3 Å². The highest BCUT2D eigenvalue weighted by Gasteiger charge is 2.87. The molecule has 5 rings (SSSR count). The second-order valence-electron chi connectivity index (χ2n) is 9.37. The van der Waals surface area contributed by atoms with Gasteiger partial charge in [-0.25, -0.2) is 0 Å². The number of hydrogen-bond donors (Lipinski definition) is 2. The van der Waals surface area contributed by atoms with E-state index in [0.717, 1.165) is 12.8 Å². The Hall–Kier alpha value is -1.46. The fourth-order valence-electron chi connectivity index (χ4n) is 6.69. The summed E-state index contributed by atoms with van der Waals surface area (Å²) in [6.07, 6.45) is 6.81. The molecule has 1 unspecified atom stereocenters. The standard InChI is InChI=1S/C20H24O5/c1-4-16(2)7-8-19(23)12(10-16)13(21)20(24)14-17(3,15(22)25-20)6-5-11-9-18(11,14)19/h4,10-11,14,23-24H,1,5-9H2,2-3H3/t11-,14?,16-,17-,18-,19+,20+/m0/s1. The van der Waals surface area contributed by atoms with E-state index in [4.69, 9.17) is 4.74 Å². The normalized spacial score (nSPS) is 58.5. The molecule has 0 aromatic heterocycles. The molecule has 0 bridgehead atoms. The molecule has 0 amide bonds. The Balaban J connectivity index is 1.79. The lowest BCUT2D eigenvalue weighted by atomic mass is 9.47. The molecule has 4 fully saturated rings. The van der Waals surface area contributed by atoms with Crippen LogP contribution in [0.2, 0.25) is 0 Å². The second-order valence-corrected chi connectivity index (χ2v) is 9.37. The molecule has 25 heavy (non-hydrogen) atoms. The third-order valence-electron chi connectivity index (χ3n) is 8.17. The Morgan fingerprint density at radius 3 is 2.64 bits per heavy atom. The first-order chi connectivity index (χ1) is 11.6. The van der Waals surface area contributed by atoms with Gasteiger partial charge in [0.2, 0.25) is 5.78 Å². The molecule has 5 heteroatoms. The predicted molar refractivity (Wildman–Crippen MR) is 88.0 cm³/mol. The Labute approximate surface area is 146 Å². The lowest BCUT2D eigenvalue weighted by molar-refractivity contribution is -0.237. The van der Waals surface area contributed by atoms with Gasteiger partial charge in [0, 0.05) is 16.4 Å². The lowest BCUT2D eigenvalue weighted by Crippen LogP contribution is -2.68. The van der Waals surface area contributed by atoms with Crippen LogP contribution in [0.3, 0.4) is 0 Å². The predicted octanol–water partition coefficient (Wildman–Crippen LogP) is 1.88. The SMILES string of the molecule is C=C[C@]1(C)C=C2C(=O)[C@@]3(O)OC(=O)[C@@]4(C)CC[C@H]5C[C@]5(C43)[C@@]2(O)CC1. The number of hydrogen-bond acceptors (Lipinski definition) is 5. The van der Waals surface area contributed by atoms with Crippen LogP contribution in [0.4, 0.5) is 0 Å². The molecule has 2 N–H and O–H groups in total. The van der Waals surface area contributed by atoms with E-state index in [9.17, 15) is 19.8 Å². The van der Waals surface area contributed by atoms with Gasteiger partial charge in [0.05, 0.1) is 16.9 Å². The molecule has 0 radical (unpaired) electrons. The molecule has 1 heterocycles. The highest BCUT2D eigenvalue weighted by Crippen LogP contribution is 2.81. The van der Waals surface area contributed by atoms with E-state index in [-0.39, 0.29) is 11.5 Å². The van der Waals surface area contributed by atoms with Crippen LogP contribution < -0.4 is 0 Å². The van der Waals surface area contributed by atoms with Crippen LogP contribution in [0.15, 0.2) is 24.3 Å². The van der Waals surface area contributed by atoms with Crippen LogP contribution in [0.25, 0.3) is 0 Å². The molecule has 1 aliphatic heterocycles. The molecule has 5 nitrogen and oxygen atoms in total. The second kappa shape index (κ2) is 3.94. The smallest absolute Gasteiger partial charge is 0.315 e. The maximum Gasteiger partial charge on any atom is 0.315 e. The van der Waals surface area contributed by atoms with Gasteiger partial charge in [-0.3, -0.25) is 9.59 Å². The first-order valence-corrected chi connectivity index (χ1v) is 9.17. The fourth-order valence-corrected chi connectivity index (χ4v) is 6.69. The number of aliphatic hydroxyl groups is 2. The first kappa shape index (κ1) is 15.8. The number of allylic oxidation sites excluding steroid dienone is 2. The highest BCUT2D eigenvalue weighted by atomic mass is 16.7. The van der Waals surface area contributed by atoms with Crippen LogP contribution in [0.5, 0.6) is 0 Å². The molecule has 0 aromatic carbocycles. The van der Waals surface area contributed by atoms with Gasteiger partial charge in [-0.05, 0) is 44.9 Å². The molecule has 5 aliphatic rings. The van der Waals surface area contributed by atoms with E-state index < -0.39 is 45.3 Å². The summed E-state index contributed by atoms with van der Waals surface area (Å²) in [5.41, 5.74) is -3.02. The van der Waals surface area contributed by atoms with Crippen molar-refractivity contribution in [1.82, 2.24) is 0 Å². The van der Waals surface area contributed by atoms with Crippen molar-refractivity contribution in [2.24, 2.45) is 28.1 Å². The Morgan fingerprint density at radius 2 is 1.96 bits per heavy atom. The fraction of sp³-hybridized carbons (Fsp3) is 0.700. The number of carbonyl (C=O) groups excluding carboxylic acids is 2. The van der Waals surface area contributed by atoms with Crippen molar-refractivity contribution < 1.29 is 24.5 Å². The molecular formula is C20H24O5. The van der Waals surface area contributed by atoms with E-state index in [2.05, 4.69) is 6.58 Å². The molecule has 7 atom stereocenters. The zero-order valence-corrected chi connectivity index (χ0v) is 14.7. The van der Waals surface area contributed by atoms with Crippen molar-refractivity contribution >= 4 is 11.8 Å². The van der Waals surface area contributed by atoms with E-state index in [0.29, 0.717) is 19.3 Å². The summed E-state index contributed by atoms with van der Waals surface area (Å²) >= 11 is 0. The van der Waals surface area contributed by atoms with Gasteiger partial charge in [0.1, 0.15) is 0 Å². The maximum absolute atomic E-state index is 13.3. The molecule has 1 saturated heterocycles. The summed E-state index contributed by atoms with van der Waals surface area (Å²) in [6, 6.07) is 0. The number of esters is 1. The summed E-state index contributed by atoms with van der Waals surface area (Å²) in [5, 5.41) is 23.0. The van der Waals surface area contributed by atoms with Crippen molar-refractivity contribution in [3.63, 3.8) is 0 Å². The number of fused-ring (bicyclic) bond motifs is 1. The van der Waals surface area contributed by atoms with E-state index in [1.54, 1.807) is 19.1 Å². The topological polar surface area (TPSA) is 83.8 Å². The van der Waals surface area contributed by atoms with Gasteiger partial charge in [0.15, 0.2) is 0 Å². The summed E-state index contributed by atoms with van der Waals surface area (Å²) in [6.45, 7) is 7.60. The van der Waals surface area contributed by atoms with Crippen LogP contribution in [-0.4, -0.2) is 33.4 Å². The Morgan fingerprint density at radius 1 is 1.24 bits per heavy atom. The van der Waals surface area contributed by atoms with E-state index in [1.807, 2.05) is 6.92 Å². The molecule has 4 aliphatic carbocycles. The van der Waals surface area contributed by atoms with E-state index >= 15 is 0 Å². The first-order valence-electron chi connectivity index (χ1n) is 9.17. The Kier molecular flexibility index (Phi) is 2.48. The van der Waals surface area contributed by atoms with Crippen molar-refractivity contribution in [3.05, 3.63) is 24.3 Å². The third-order valence-corrected chi connectivity index (χ3v) is 8.17. The van der Waals surface area contributed by atoms with Crippen LogP contribution in [0, 0.1) is 28.1 Å². The van der Waals surface area contributed by atoms with Gasteiger partial charge in [-0.1, -0.05) is 19.1 Å². The molecule has 3 saturated carbocycles. The summed E-state index contributed by atoms with van der Waals surface area (Å²) in [7, 11) is 0. The highest BCUT2D eigenvalue weighted by molar-refractivity contribution is 6.08. The third kappa shape index (κ3) is 1.40. The van der Waals surface area contributed by atoms with Crippen LogP contribution in [-0.2, 0) is 14.3 Å². The van der Waals surface area contributed by atoms with Crippen molar-refractivity contribution in [3.8, 4) is 0 Å². The van der Waals surface area contributed by atoms with Gasteiger partial charge >= 0.3 is 5.97 Å². The largest absolute Gasteiger partial charge is 0.424 e. The number of ether oxygens (including phenoxy) is 1. The van der Waals surface area contributed by atoms with Crippen molar-refractivity contribution in [1.29, 1.82) is 0 Å². The molecule has 134 valence electrons. The minimum absolute atomic E-state index is 0.223. The van der Waals surface area contributed by atoms with Gasteiger partial charge in [0.25, 0.3) is 5.79 Å². The number of rotatable bonds is 1. The van der Waals surface area contributed by atoms with Gasteiger partial charge < -0.3 is 14.9 Å². The summed E-state index contributed by atoms with van der Waals surface area (Å²) < 4.78 is 5.36. The molecular weight excluding hydrogens is 320 g/mol.